The molecule has 0 spiro atoms. The molecule has 1 saturated heterocycles. The van der Waals surface area contributed by atoms with Gasteiger partial charge in [-0.15, -0.1) is 0 Å². The summed E-state index contributed by atoms with van der Waals surface area (Å²) in [6, 6.07) is -0.304. The van der Waals surface area contributed by atoms with E-state index in [9.17, 15) is 9.59 Å². The molecule has 14 heavy (non-hydrogen) atoms. The Morgan fingerprint density at radius 1 is 1.64 bits per heavy atom. The molecular weight excluding hydrogens is 184 g/mol. The quantitative estimate of drug-likeness (QED) is 0.579. The summed E-state index contributed by atoms with van der Waals surface area (Å²) in [6.45, 7) is 3.87. The Bertz CT molecular complexity index is 240. The molecule has 0 aromatic carbocycles. The fraction of sp³-hybridized carbons (Fsp3) is 0.778. The average Bonchev–Trinajstić information content (AvgIpc) is 2.11. The molecule has 1 rings (SSSR count). The van der Waals surface area contributed by atoms with Crippen LogP contribution >= 0.6 is 0 Å². The number of amides is 2. The molecule has 0 bridgehead atoms. The Labute approximate surface area is 83.1 Å². The van der Waals surface area contributed by atoms with E-state index in [1.807, 2.05) is 0 Å². The van der Waals surface area contributed by atoms with Crippen LogP contribution in [0.5, 0.6) is 0 Å². The molecule has 1 aliphatic heterocycles. The summed E-state index contributed by atoms with van der Waals surface area (Å²) < 4.78 is 0. The lowest BCUT2D eigenvalue weighted by Crippen LogP contribution is -2.57. The smallest absolute Gasteiger partial charge is 0.246 e. The summed E-state index contributed by atoms with van der Waals surface area (Å²) in [5.41, 5.74) is 0. The number of imide groups is 1. The van der Waals surface area contributed by atoms with E-state index in [0.717, 1.165) is 0 Å². The molecule has 2 amide bonds. The fourth-order valence-corrected chi connectivity index (χ4v) is 1.33. The van der Waals surface area contributed by atoms with Gasteiger partial charge in [-0.3, -0.25) is 19.8 Å². The van der Waals surface area contributed by atoms with Gasteiger partial charge in [0.2, 0.25) is 11.8 Å². The molecule has 2 atom stereocenters. The van der Waals surface area contributed by atoms with Crippen molar-refractivity contribution >= 4 is 11.8 Å². The monoisotopic (exact) mass is 200 g/mol. The van der Waals surface area contributed by atoms with Crippen LogP contribution in [0, 0.1) is 0 Å². The van der Waals surface area contributed by atoms with Crippen molar-refractivity contribution in [3.8, 4) is 0 Å². The lowest BCUT2D eigenvalue weighted by atomic mass is 10.2. The number of carbonyl (C=O) groups excluding carboxylic acids is 2. The maximum atomic E-state index is 11.5. The molecule has 0 aromatic rings. The first-order valence-electron chi connectivity index (χ1n) is 4.78. The van der Waals surface area contributed by atoms with Gasteiger partial charge < -0.3 is 5.11 Å². The molecule has 2 N–H and O–H groups in total. The topological polar surface area (TPSA) is 69.6 Å². The Morgan fingerprint density at radius 2 is 2.29 bits per heavy atom. The van der Waals surface area contributed by atoms with Crippen molar-refractivity contribution in [2.45, 2.75) is 32.4 Å². The largest absolute Gasteiger partial charge is 0.393 e. The van der Waals surface area contributed by atoms with Crippen LogP contribution in [0.1, 0.15) is 20.3 Å². The molecule has 1 aliphatic rings. The SMILES string of the molecule is CC(O)CCN1C(=O)CNC(C)C1=O. The summed E-state index contributed by atoms with van der Waals surface area (Å²) in [6.07, 6.45) is -0.0507. The third-order valence-corrected chi connectivity index (χ3v) is 2.27. The maximum Gasteiger partial charge on any atom is 0.246 e. The number of nitrogens with zero attached hydrogens (tertiary/aromatic N) is 1. The summed E-state index contributed by atoms with van der Waals surface area (Å²) in [7, 11) is 0. The van der Waals surface area contributed by atoms with Gasteiger partial charge in [-0.25, -0.2) is 0 Å². The number of carbonyl (C=O) groups is 2. The van der Waals surface area contributed by atoms with Gasteiger partial charge in [0.1, 0.15) is 0 Å². The standard InChI is InChI=1S/C9H16N2O3/c1-6(12)3-4-11-8(13)5-10-7(2)9(11)14/h6-7,10,12H,3-5H2,1-2H3. The zero-order valence-corrected chi connectivity index (χ0v) is 8.49. The molecule has 1 heterocycles. The van der Waals surface area contributed by atoms with Crippen molar-refractivity contribution in [3.05, 3.63) is 0 Å². The predicted molar refractivity (Wildman–Crippen MR) is 50.5 cm³/mol. The van der Waals surface area contributed by atoms with E-state index in [4.69, 9.17) is 5.11 Å². The van der Waals surface area contributed by atoms with Gasteiger partial charge in [0.25, 0.3) is 0 Å². The number of hydrogen-bond donors (Lipinski definition) is 2. The first-order chi connectivity index (χ1) is 6.52. The summed E-state index contributed by atoms with van der Waals surface area (Å²) >= 11 is 0. The van der Waals surface area contributed by atoms with Crippen LogP contribution in [-0.2, 0) is 9.59 Å². The van der Waals surface area contributed by atoms with Crippen LogP contribution in [0.3, 0.4) is 0 Å². The normalized spacial score (nSPS) is 25.4. The highest BCUT2D eigenvalue weighted by molar-refractivity contribution is 6.00. The van der Waals surface area contributed by atoms with Crippen molar-refractivity contribution in [1.82, 2.24) is 10.2 Å². The Kier molecular flexibility index (Phi) is 3.60. The Hall–Kier alpha value is -0.940. The maximum absolute atomic E-state index is 11.5. The minimum absolute atomic E-state index is 0.201. The fourth-order valence-electron chi connectivity index (χ4n) is 1.33. The van der Waals surface area contributed by atoms with Gasteiger partial charge in [-0.1, -0.05) is 0 Å². The number of rotatable bonds is 3. The van der Waals surface area contributed by atoms with Gasteiger partial charge in [0, 0.05) is 6.54 Å². The van der Waals surface area contributed by atoms with E-state index in [-0.39, 0.29) is 24.4 Å². The van der Waals surface area contributed by atoms with Crippen LogP contribution in [0.15, 0.2) is 0 Å². The highest BCUT2D eigenvalue weighted by Crippen LogP contribution is 2.04. The second-order valence-electron chi connectivity index (χ2n) is 3.62. The zero-order valence-electron chi connectivity index (χ0n) is 8.49. The van der Waals surface area contributed by atoms with E-state index in [2.05, 4.69) is 5.32 Å². The van der Waals surface area contributed by atoms with Gasteiger partial charge in [0.05, 0.1) is 18.7 Å². The lowest BCUT2D eigenvalue weighted by Gasteiger charge is -2.29. The second kappa shape index (κ2) is 4.52. The number of nitrogens with one attached hydrogen (secondary N) is 1. The van der Waals surface area contributed by atoms with E-state index >= 15 is 0 Å². The molecule has 80 valence electrons. The summed E-state index contributed by atoms with van der Waals surface area (Å²) in [5.74, 6) is -0.421. The number of aliphatic hydroxyl groups is 1. The van der Waals surface area contributed by atoms with Gasteiger partial charge >= 0.3 is 0 Å². The number of aliphatic hydroxyl groups excluding tert-OH is 1. The Morgan fingerprint density at radius 3 is 2.86 bits per heavy atom. The van der Waals surface area contributed by atoms with Crippen molar-refractivity contribution in [1.29, 1.82) is 0 Å². The molecule has 5 heteroatoms. The van der Waals surface area contributed by atoms with Crippen molar-refractivity contribution < 1.29 is 14.7 Å². The zero-order chi connectivity index (χ0) is 10.7. The minimum atomic E-state index is -0.485. The molecule has 5 nitrogen and oxygen atoms in total. The first kappa shape index (κ1) is 11.1. The van der Waals surface area contributed by atoms with E-state index < -0.39 is 6.10 Å². The van der Waals surface area contributed by atoms with E-state index in [0.29, 0.717) is 13.0 Å². The second-order valence-corrected chi connectivity index (χ2v) is 3.62. The third kappa shape index (κ3) is 2.52. The molecule has 0 aromatic heterocycles. The van der Waals surface area contributed by atoms with Crippen LogP contribution < -0.4 is 5.32 Å². The third-order valence-electron chi connectivity index (χ3n) is 2.27. The highest BCUT2D eigenvalue weighted by atomic mass is 16.3. The Balaban J connectivity index is 2.54. The van der Waals surface area contributed by atoms with Crippen LogP contribution in [-0.4, -0.2) is 47.1 Å². The predicted octanol–water partition coefficient (Wildman–Crippen LogP) is -0.896. The average molecular weight is 200 g/mol. The lowest BCUT2D eigenvalue weighted by molar-refractivity contribution is -0.149. The van der Waals surface area contributed by atoms with Gasteiger partial charge in [-0.2, -0.15) is 0 Å². The van der Waals surface area contributed by atoms with E-state index in [1.165, 1.54) is 4.90 Å². The molecule has 2 unspecified atom stereocenters. The van der Waals surface area contributed by atoms with Crippen LogP contribution in [0.2, 0.25) is 0 Å². The molecule has 0 saturated carbocycles. The molecule has 0 aliphatic carbocycles. The molecule has 1 fully saturated rings. The molecular formula is C9H16N2O3. The highest BCUT2D eigenvalue weighted by Gasteiger charge is 2.30. The van der Waals surface area contributed by atoms with Gasteiger partial charge in [-0.05, 0) is 20.3 Å². The van der Waals surface area contributed by atoms with Crippen molar-refractivity contribution in [2.75, 3.05) is 13.1 Å². The first-order valence-corrected chi connectivity index (χ1v) is 4.78. The molecule has 0 radical (unpaired) electrons. The van der Waals surface area contributed by atoms with Gasteiger partial charge in [0.15, 0.2) is 0 Å². The summed E-state index contributed by atoms with van der Waals surface area (Å²) in [4.78, 5) is 24.0. The van der Waals surface area contributed by atoms with Crippen LogP contribution in [0.25, 0.3) is 0 Å². The van der Waals surface area contributed by atoms with Crippen LogP contribution in [0.4, 0.5) is 0 Å². The number of hydrogen-bond acceptors (Lipinski definition) is 4. The van der Waals surface area contributed by atoms with Crippen molar-refractivity contribution in [2.24, 2.45) is 0 Å². The number of piperazine rings is 1. The van der Waals surface area contributed by atoms with Crippen molar-refractivity contribution in [3.63, 3.8) is 0 Å². The summed E-state index contributed by atoms with van der Waals surface area (Å²) in [5, 5.41) is 11.9. The minimum Gasteiger partial charge on any atom is -0.393 e. The van der Waals surface area contributed by atoms with E-state index in [1.54, 1.807) is 13.8 Å².